The molecule has 0 radical (unpaired) electrons. The van der Waals surface area contributed by atoms with E-state index >= 15 is 0 Å². The van der Waals surface area contributed by atoms with Crippen molar-refractivity contribution in [3.05, 3.63) is 58.6 Å². The maximum absolute atomic E-state index is 13.8. The number of nitrogens with one attached hydrogen (secondary N) is 2. The molecule has 0 aliphatic carbocycles. The van der Waals surface area contributed by atoms with Gasteiger partial charge in [-0.05, 0) is 31.2 Å². The highest BCUT2D eigenvalue weighted by Crippen LogP contribution is 2.15. The minimum Gasteiger partial charge on any atom is -0.357 e. The molecule has 0 bridgehead atoms. The lowest BCUT2D eigenvalue weighted by Gasteiger charge is -2.12. The van der Waals surface area contributed by atoms with Crippen LogP contribution in [-0.2, 0) is 13.1 Å². The molecule has 23 heavy (non-hydrogen) atoms. The van der Waals surface area contributed by atoms with E-state index < -0.39 is 0 Å². The van der Waals surface area contributed by atoms with Gasteiger partial charge in [0.1, 0.15) is 5.82 Å². The zero-order valence-electron chi connectivity index (χ0n) is 12.9. The highest BCUT2D eigenvalue weighted by molar-refractivity contribution is 14.0. The van der Waals surface area contributed by atoms with E-state index in [9.17, 15) is 4.39 Å². The molecular weight excluding hydrogens is 474 g/mol. The van der Waals surface area contributed by atoms with Gasteiger partial charge in [-0.2, -0.15) is 0 Å². The largest absolute Gasteiger partial charge is 0.357 e. The van der Waals surface area contributed by atoms with E-state index in [1.165, 1.54) is 6.07 Å². The quantitative estimate of drug-likeness (QED) is 0.364. The van der Waals surface area contributed by atoms with Gasteiger partial charge in [0, 0.05) is 42.1 Å². The van der Waals surface area contributed by atoms with Crippen LogP contribution in [0.4, 0.5) is 4.39 Å². The summed E-state index contributed by atoms with van der Waals surface area (Å²) in [6, 6.07) is 9.01. The molecule has 0 unspecified atom stereocenters. The summed E-state index contributed by atoms with van der Waals surface area (Å²) < 4.78 is 16.6. The van der Waals surface area contributed by atoms with Crippen LogP contribution in [0, 0.1) is 5.82 Å². The molecule has 4 nitrogen and oxygen atoms in total. The summed E-state index contributed by atoms with van der Waals surface area (Å²) in [5.41, 5.74) is 0.575. The fraction of sp³-hybridized carbons (Fsp3) is 0.312. The van der Waals surface area contributed by atoms with Crippen LogP contribution in [0.1, 0.15) is 12.5 Å². The zero-order chi connectivity index (χ0) is 15.8. The maximum Gasteiger partial charge on any atom is 0.191 e. The van der Waals surface area contributed by atoms with E-state index in [1.807, 2.05) is 37.5 Å². The standard InChI is InChI=1S/C16H20BrFN4.HI/c1-2-19-16(20-7-10-22-8-3-4-9-22)21-12-13-5-6-14(17)11-15(13)18;/h3-6,8-9,11H,2,7,10,12H2,1H3,(H2,19,20,21);1H. The first-order valence-corrected chi connectivity index (χ1v) is 8.05. The lowest BCUT2D eigenvalue weighted by atomic mass is 10.2. The third kappa shape index (κ3) is 6.90. The second kappa shape index (κ2) is 10.6. The number of aromatic nitrogens is 1. The third-order valence-corrected chi connectivity index (χ3v) is 3.59. The second-order valence-corrected chi connectivity index (χ2v) is 5.69. The van der Waals surface area contributed by atoms with Gasteiger partial charge in [-0.25, -0.2) is 9.38 Å². The predicted molar refractivity (Wildman–Crippen MR) is 107 cm³/mol. The highest BCUT2D eigenvalue weighted by Gasteiger charge is 2.03. The molecule has 0 atom stereocenters. The van der Waals surface area contributed by atoms with E-state index in [2.05, 4.69) is 36.1 Å². The van der Waals surface area contributed by atoms with E-state index in [0.717, 1.165) is 24.1 Å². The Morgan fingerprint density at radius 1 is 1.26 bits per heavy atom. The SMILES string of the molecule is CCNC(=NCc1ccc(Br)cc1F)NCCn1cccc1.I. The van der Waals surface area contributed by atoms with Gasteiger partial charge in [0.05, 0.1) is 6.54 Å². The second-order valence-electron chi connectivity index (χ2n) is 4.78. The van der Waals surface area contributed by atoms with Crippen LogP contribution in [0.3, 0.4) is 0 Å². The van der Waals surface area contributed by atoms with E-state index in [4.69, 9.17) is 0 Å². The molecule has 1 aromatic heterocycles. The Labute approximate surface area is 161 Å². The lowest BCUT2D eigenvalue weighted by molar-refractivity contribution is 0.609. The number of hydrogen-bond donors (Lipinski definition) is 2. The average Bonchev–Trinajstić information content (AvgIpc) is 2.99. The van der Waals surface area contributed by atoms with Crippen molar-refractivity contribution in [3.8, 4) is 0 Å². The van der Waals surface area contributed by atoms with Crippen molar-refractivity contribution in [3.63, 3.8) is 0 Å². The molecule has 0 aliphatic rings. The summed E-state index contributed by atoms with van der Waals surface area (Å²) in [5, 5.41) is 6.41. The Morgan fingerprint density at radius 3 is 2.65 bits per heavy atom. The molecule has 7 heteroatoms. The molecule has 2 aromatic rings. The lowest BCUT2D eigenvalue weighted by Crippen LogP contribution is -2.38. The van der Waals surface area contributed by atoms with Crippen molar-refractivity contribution in [2.45, 2.75) is 20.0 Å². The summed E-state index contributed by atoms with van der Waals surface area (Å²) in [7, 11) is 0. The van der Waals surface area contributed by atoms with Crippen LogP contribution in [0.2, 0.25) is 0 Å². The average molecular weight is 495 g/mol. The van der Waals surface area contributed by atoms with Crippen LogP contribution >= 0.6 is 39.9 Å². The van der Waals surface area contributed by atoms with Gasteiger partial charge < -0.3 is 15.2 Å². The van der Waals surface area contributed by atoms with Crippen molar-refractivity contribution in [1.29, 1.82) is 0 Å². The van der Waals surface area contributed by atoms with E-state index in [1.54, 1.807) is 6.07 Å². The Kier molecular flexibility index (Phi) is 9.23. The first kappa shape index (κ1) is 20.0. The summed E-state index contributed by atoms with van der Waals surface area (Å²) in [6.45, 7) is 4.67. The van der Waals surface area contributed by atoms with Crippen LogP contribution in [0.5, 0.6) is 0 Å². The Bertz CT molecular complexity index is 617. The van der Waals surface area contributed by atoms with Crippen LogP contribution in [0.25, 0.3) is 0 Å². The molecule has 0 spiro atoms. The summed E-state index contributed by atoms with van der Waals surface area (Å²) in [5.74, 6) is 0.443. The van der Waals surface area contributed by atoms with Crippen molar-refractivity contribution >= 4 is 45.9 Å². The number of nitrogens with zero attached hydrogens (tertiary/aromatic N) is 2. The van der Waals surface area contributed by atoms with Gasteiger partial charge in [-0.3, -0.25) is 0 Å². The monoisotopic (exact) mass is 494 g/mol. The number of hydrogen-bond acceptors (Lipinski definition) is 1. The number of benzene rings is 1. The minimum absolute atomic E-state index is 0. The molecule has 2 rings (SSSR count). The third-order valence-electron chi connectivity index (χ3n) is 3.10. The molecule has 0 saturated carbocycles. The molecular formula is C16H21BrFIN4. The fourth-order valence-corrected chi connectivity index (χ4v) is 2.31. The van der Waals surface area contributed by atoms with Crippen molar-refractivity contribution in [2.75, 3.05) is 13.1 Å². The summed E-state index contributed by atoms with van der Waals surface area (Å²) in [6.07, 6.45) is 4.03. The molecule has 0 fully saturated rings. The molecule has 0 amide bonds. The molecule has 0 saturated heterocycles. The normalized spacial score (nSPS) is 11.0. The van der Waals surface area contributed by atoms with Crippen LogP contribution in [0.15, 0.2) is 52.2 Å². The van der Waals surface area contributed by atoms with Gasteiger partial charge in [0.2, 0.25) is 0 Å². The van der Waals surface area contributed by atoms with Crippen molar-refractivity contribution in [2.24, 2.45) is 4.99 Å². The zero-order valence-corrected chi connectivity index (χ0v) is 16.8. The topological polar surface area (TPSA) is 41.4 Å². The summed E-state index contributed by atoms with van der Waals surface area (Å²) in [4.78, 5) is 4.42. The van der Waals surface area contributed by atoms with Gasteiger partial charge in [-0.15, -0.1) is 24.0 Å². The fourth-order valence-electron chi connectivity index (χ4n) is 1.98. The van der Waals surface area contributed by atoms with Gasteiger partial charge in [0.15, 0.2) is 5.96 Å². The molecule has 2 N–H and O–H groups in total. The maximum atomic E-state index is 13.8. The predicted octanol–water partition coefficient (Wildman–Crippen LogP) is 3.76. The van der Waals surface area contributed by atoms with Gasteiger partial charge in [0.25, 0.3) is 0 Å². The number of guanidine groups is 1. The molecule has 1 heterocycles. The Balaban J connectivity index is 0.00000264. The minimum atomic E-state index is -0.249. The van der Waals surface area contributed by atoms with Crippen molar-refractivity contribution < 1.29 is 4.39 Å². The number of halogens is 3. The number of aliphatic imine (C=N–C) groups is 1. The Morgan fingerprint density at radius 2 is 2.00 bits per heavy atom. The van der Waals surface area contributed by atoms with E-state index in [0.29, 0.717) is 18.1 Å². The van der Waals surface area contributed by atoms with Gasteiger partial charge in [-0.1, -0.05) is 22.0 Å². The first-order chi connectivity index (χ1) is 10.7. The van der Waals surface area contributed by atoms with Crippen LogP contribution in [-0.4, -0.2) is 23.6 Å². The molecule has 126 valence electrons. The Hall–Kier alpha value is -1.09. The highest BCUT2D eigenvalue weighted by atomic mass is 127. The first-order valence-electron chi connectivity index (χ1n) is 7.26. The van der Waals surface area contributed by atoms with Gasteiger partial charge >= 0.3 is 0 Å². The van der Waals surface area contributed by atoms with Crippen LogP contribution < -0.4 is 10.6 Å². The molecule has 0 aliphatic heterocycles. The number of rotatable bonds is 6. The smallest absolute Gasteiger partial charge is 0.191 e. The summed E-state index contributed by atoms with van der Waals surface area (Å²) >= 11 is 3.25. The van der Waals surface area contributed by atoms with E-state index in [-0.39, 0.29) is 29.8 Å². The van der Waals surface area contributed by atoms with Crippen molar-refractivity contribution in [1.82, 2.24) is 15.2 Å². The molecule has 1 aromatic carbocycles.